The number of carbonyl (C=O) groups excluding carboxylic acids is 2. The molecule has 0 saturated heterocycles. The summed E-state index contributed by atoms with van der Waals surface area (Å²) in [6.45, 7) is 7.14. The number of halogens is 1. The second kappa shape index (κ2) is 6.58. The third kappa shape index (κ3) is 3.62. The van der Waals surface area contributed by atoms with Crippen molar-refractivity contribution in [2.45, 2.75) is 13.8 Å². The van der Waals surface area contributed by atoms with Crippen molar-refractivity contribution in [1.29, 1.82) is 0 Å². The third-order valence-electron chi connectivity index (χ3n) is 3.18. The summed E-state index contributed by atoms with van der Waals surface area (Å²) in [4.78, 5) is 24.4. The van der Waals surface area contributed by atoms with Crippen LogP contribution in [0.15, 0.2) is 54.6 Å². The number of rotatable bonds is 4. The highest BCUT2D eigenvalue weighted by molar-refractivity contribution is 6.31. The maximum atomic E-state index is 12.6. The molecule has 0 atom stereocenters. The Morgan fingerprint density at radius 1 is 1.09 bits per heavy atom. The van der Waals surface area contributed by atoms with E-state index in [2.05, 4.69) is 11.9 Å². The summed E-state index contributed by atoms with van der Waals surface area (Å²) in [5.41, 5.74) is 2.75. The van der Waals surface area contributed by atoms with Gasteiger partial charge in [0.1, 0.15) is 0 Å². The number of hydrogen-bond donors (Lipinski definition) is 1. The fourth-order valence-electron chi connectivity index (χ4n) is 1.90. The van der Waals surface area contributed by atoms with Gasteiger partial charge in [-0.2, -0.15) is 0 Å². The first-order valence-electron chi connectivity index (χ1n) is 6.76. The van der Waals surface area contributed by atoms with Crippen LogP contribution in [-0.2, 0) is 4.79 Å². The van der Waals surface area contributed by atoms with Gasteiger partial charge in [-0.3, -0.25) is 9.59 Å². The first-order chi connectivity index (χ1) is 10.4. The third-order valence-corrected chi connectivity index (χ3v) is 3.41. The molecule has 22 heavy (non-hydrogen) atoms. The topological polar surface area (TPSA) is 46.2 Å². The molecule has 0 aliphatic rings. The molecule has 1 N–H and O–H groups in total. The summed E-state index contributed by atoms with van der Waals surface area (Å²) in [7, 11) is 0. The Bertz CT molecular complexity index is 748. The Kier molecular flexibility index (Phi) is 4.78. The average molecular weight is 314 g/mol. The molecule has 0 aliphatic heterocycles. The molecule has 2 rings (SSSR count). The zero-order valence-electron chi connectivity index (χ0n) is 12.4. The van der Waals surface area contributed by atoms with Crippen molar-refractivity contribution in [3.05, 3.63) is 76.3 Å². The Morgan fingerprint density at radius 3 is 2.32 bits per heavy atom. The maximum Gasteiger partial charge on any atom is 0.250 e. The smallest absolute Gasteiger partial charge is 0.250 e. The monoisotopic (exact) mass is 313 g/mol. The van der Waals surface area contributed by atoms with Crippen LogP contribution in [0.4, 0.5) is 5.69 Å². The van der Waals surface area contributed by atoms with E-state index in [0.29, 0.717) is 27.4 Å². The van der Waals surface area contributed by atoms with E-state index in [1.54, 1.807) is 37.3 Å². The van der Waals surface area contributed by atoms with Crippen LogP contribution in [0.1, 0.15) is 28.4 Å². The summed E-state index contributed by atoms with van der Waals surface area (Å²) >= 11 is 5.99. The van der Waals surface area contributed by atoms with Crippen LogP contribution >= 0.6 is 11.6 Å². The van der Waals surface area contributed by atoms with Crippen molar-refractivity contribution < 1.29 is 9.59 Å². The standard InChI is InChI=1S/C18H16ClNO2/c1-11(2)18(22)20-16-9-8-14(19)10-15(16)17(21)13-6-4-12(3)5-7-13/h4-10H,1H2,2-3H3,(H,20,22). The lowest BCUT2D eigenvalue weighted by Crippen LogP contribution is -2.15. The van der Waals surface area contributed by atoms with Gasteiger partial charge in [-0.25, -0.2) is 0 Å². The second-order valence-electron chi connectivity index (χ2n) is 5.12. The Labute approximate surface area is 134 Å². The van der Waals surface area contributed by atoms with Gasteiger partial charge in [0.15, 0.2) is 5.78 Å². The van der Waals surface area contributed by atoms with Crippen molar-refractivity contribution >= 4 is 29.0 Å². The number of hydrogen-bond acceptors (Lipinski definition) is 2. The van der Waals surface area contributed by atoms with E-state index in [-0.39, 0.29) is 11.7 Å². The largest absolute Gasteiger partial charge is 0.322 e. The molecule has 0 heterocycles. The maximum absolute atomic E-state index is 12.6. The number of benzene rings is 2. The van der Waals surface area contributed by atoms with Gasteiger partial charge in [0.25, 0.3) is 5.91 Å². The molecule has 0 aromatic heterocycles. The van der Waals surface area contributed by atoms with E-state index in [9.17, 15) is 9.59 Å². The van der Waals surface area contributed by atoms with Crippen LogP contribution in [0.3, 0.4) is 0 Å². The molecule has 3 nitrogen and oxygen atoms in total. The van der Waals surface area contributed by atoms with E-state index in [4.69, 9.17) is 11.6 Å². The molecule has 0 aliphatic carbocycles. The second-order valence-corrected chi connectivity index (χ2v) is 5.56. The molecule has 0 fully saturated rings. The van der Waals surface area contributed by atoms with E-state index in [1.807, 2.05) is 19.1 Å². The fourth-order valence-corrected chi connectivity index (χ4v) is 2.07. The highest BCUT2D eigenvalue weighted by Gasteiger charge is 2.16. The lowest BCUT2D eigenvalue weighted by Gasteiger charge is -2.11. The number of carbonyl (C=O) groups is 2. The number of aryl methyl sites for hydroxylation is 1. The first kappa shape index (κ1) is 16.0. The van der Waals surface area contributed by atoms with Crippen molar-refractivity contribution in [2.24, 2.45) is 0 Å². The van der Waals surface area contributed by atoms with Crippen molar-refractivity contribution in [3.8, 4) is 0 Å². The lowest BCUT2D eigenvalue weighted by atomic mass is 10.0. The molecule has 0 unspecified atom stereocenters. The lowest BCUT2D eigenvalue weighted by molar-refractivity contribution is -0.112. The van der Waals surface area contributed by atoms with E-state index in [0.717, 1.165) is 5.56 Å². The zero-order valence-corrected chi connectivity index (χ0v) is 13.2. The highest BCUT2D eigenvalue weighted by Crippen LogP contribution is 2.24. The Morgan fingerprint density at radius 2 is 1.73 bits per heavy atom. The van der Waals surface area contributed by atoms with Gasteiger partial charge in [0.2, 0.25) is 0 Å². The Balaban J connectivity index is 2.42. The molecular weight excluding hydrogens is 298 g/mol. The minimum Gasteiger partial charge on any atom is -0.322 e. The van der Waals surface area contributed by atoms with E-state index < -0.39 is 0 Å². The van der Waals surface area contributed by atoms with E-state index in [1.165, 1.54) is 0 Å². The van der Waals surface area contributed by atoms with Gasteiger partial charge in [-0.15, -0.1) is 0 Å². The van der Waals surface area contributed by atoms with Crippen LogP contribution in [-0.4, -0.2) is 11.7 Å². The van der Waals surface area contributed by atoms with Crippen LogP contribution in [0.25, 0.3) is 0 Å². The van der Waals surface area contributed by atoms with Gasteiger partial charge in [0.05, 0.1) is 5.69 Å². The van der Waals surface area contributed by atoms with Crippen LogP contribution < -0.4 is 5.32 Å². The molecule has 112 valence electrons. The van der Waals surface area contributed by atoms with Gasteiger partial charge in [0, 0.05) is 21.7 Å². The molecule has 0 spiro atoms. The highest BCUT2D eigenvalue weighted by atomic mass is 35.5. The predicted octanol–water partition coefficient (Wildman–Crippen LogP) is 4.39. The molecule has 1 amide bonds. The van der Waals surface area contributed by atoms with Crippen LogP contribution in [0.5, 0.6) is 0 Å². The SMILES string of the molecule is C=C(C)C(=O)Nc1ccc(Cl)cc1C(=O)c1ccc(C)cc1. The normalized spacial score (nSPS) is 10.1. The van der Waals surface area contributed by atoms with Crippen molar-refractivity contribution in [1.82, 2.24) is 0 Å². The molecule has 2 aromatic rings. The summed E-state index contributed by atoms with van der Waals surface area (Å²) in [6, 6.07) is 12.0. The quantitative estimate of drug-likeness (QED) is 0.672. The molecule has 0 bridgehead atoms. The van der Waals surface area contributed by atoms with Gasteiger partial charge in [-0.05, 0) is 32.0 Å². The van der Waals surface area contributed by atoms with Crippen LogP contribution in [0, 0.1) is 6.92 Å². The first-order valence-corrected chi connectivity index (χ1v) is 7.14. The minimum atomic E-state index is -0.333. The molecule has 4 heteroatoms. The zero-order chi connectivity index (χ0) is 16.3. The predicted molar refractivity (Wildman–Crippen MR) is 89.5 cm³/mol. The van der Waals surface area contributed by atoms with Gasteiger partial charge >= 0.3 is 0 Å². The summed E-state index contributed by atoms with van der Waals surface area (Å²) in [5.74, 6) is -0.528. The molecule has 2 aromatic carbocycles. The minimum absolute atomic E-state index is 0.195. The number of anilines is 1. The number of amides is 1. The molecular formula is C18H16ClNO2. The number of ketones is 1. The Hall–Kier alpha value is -2.39. The average Bonchev–Trinajstić information content (AvgIpc) is 2.49. The summed E-state index contributed by atoms with van der Waals surface area (Å²) in [5, 5.41) is 3.12. The molecule has 0 saturated carbocycles. The van der Waals surface area contributed by atoms with Crippen molar-refractivity contribution in [2.75, 3.05) is 5.32 Å². The summed E-state index contributed by atoms with van der Waals surface area (Å²) < 4.78 is 0. The molecule has 0 radical (unpaired) electrons. The van der Waals surface area contributed by atoms with Crippen LogP contribution in [0.2, 0.25) is 5.02 Å². The fraction of sp³-hybridized carbons (Fsp3) is 0.111. The van der Waals surface area contributed by atoms with E-state index >= 15 is 0 Å². The van der Waals surface area contributed by atoms with Crippen molar-refractivity contribution in [3.63, 3.8) is 0 Å². The number of nitrogens with one attached hydrogen (secondary N) is 1. The van der Waals surface area contributed by atoms with Gasteiger partial charge < -0.3 is 5.32 Å². The van der Waals surface area contributed by atoms with Gasteiger partial charge in [-0.1, -0.05) is 48.0 Å². The summed E-state index contributed by atoms with van der Waals surface area (Å²) in [6.07, 6.45) is 0.